The normalized spacial score (nSPS) is 30.0. The van der Waals surface area contributed by atoms with Gasteiger partial charge in [-0.15, -0.1) is 0 Å². The number of hydrogen-bond donors (Lipinski definition) is 12. The van der Waals surface area contributed by atoms with Crippen LogP contribution in [0.15, 0.2) is 0 Å². The summed E-state index contributed by atoms with van der Waals surface area (Å²) in [5, 5.41) is 70.9. The number of carboxylic acids is 3. The topological polar surface area (TPSA) is 390 Å². The number of hydrogen-bond acceptors (Lipinski definition) is 17. The van der Waals surface area contributed by atoms with Gasteiger partial charge in [-0.25, -0.2) is 9.59 Å². The first-order valence-corrected chi connectivity index (χ1v) is 18.7. The van der Waals surface area contributed by atoms with E-state index in [1.165, 1.54) is 20.8 Å². The molecule has 2 bridgehead atoms. The minimum absolute atomic E-state index is 0.0539. The minimum atomic E-state index is -1.68. The van der Waals surface area contributed by atoms with Crippen LogP contribution in [0.1, 0.15) is 59.8 Å². The van der Waals surface area contributed by atoms with Gasteiger partial charge in [0, 0.05) is 20.3 Å². The largest absolute Gasteiger partial charge is 0.480 e. The van der Waals surface area contributed by atoms with Crippen LogP contribution in [0.25, 0.3) is 0 Å². The lowest BCUT2D eigenvalue weighted by molar-refractivity contribution is -0.313. The Labute approximate surface area is 336 Å². The highest BCUT2D eigenvalue weighted by molar-refractivity contribution is 5.91. The zero-order chi connectivity index (χ0) is 44.3. The molecule has 13 N–H and O–H groups in total. The van der Waals surface area contributed by atoms with Gasteiger partial charge in [0.05, 0.1) is 13.2 Å². The molecule has 59 heavy (non-hydrogen) atoms. The average Bonchev–Trinajstić information content (AvgIpc) is 3.60. The Kier molecular flexibility index (Phi) is 18.3. The Hall–Kier alpha value is -4.60. The standard InChI is InChI=1S/C34H54N6O19/c1-12(28(47)40-18(32(53)54)8-9-21(44)39-17(31(51)52)7-5-6-16(35)30(49)50)36-29(48)13(2)56-27-23(38-15(4)43)33-55-11-20(58-33)26(27)59-34-22(37-14(3)42)25(46)24(45)19(10-41)57-34/h12-13,16-20,22-27,33-34,41,45-46H,5-11,35H2,1-4H3,(H,36,48)(H,37,42)(H,38,43)(H,39,44)(H,40,47)(H,49,50)(H,51,52)(H,53,54)/t12?,13?,16-,17+,18?,19-,20-,22-,23-,24-,25-,26-,27-,33-,34+/m1/s1. The molecule has 3 unspecified atom stereocenters. The highest BCUT2D eigenvalue weighted by Crippen LogP contribution is 2.35. The van der Waals surface area contributed by atoms with Crippen LogP contribution in [0.5, 0.6) is 0 Å². The Morgan fingerprint density at radius 2 is 1.37 bits per heavy atom. The van der Waals surface area contributed by atoms with Crippen LogP contribution in [0.2, 0.25) is 0 Å². The maximum absolute atomic E-state index is 13.4. The summed E-state index contributed by atoms with van der Waals surface area (Å²) in [4.78, 5) is 97.6. The van der Waals surface area contributed by atoms with Gasteiger partial charge in [-0.2, -0.15) is 0 Å². The molecule has 0 aliphatic carbocycles. The summed E-state index contributed by atoms with van der Waals surface area (Å²) in [7, 11) is 0. The molecule has 25 heteroatoms. The quantitative estimate of drug-likeness (QED) is 0.0483. The van der Waals surface area contributed by atoms with Gasteiger partial charge in [0.15, 0.2) is 12.6 Å². The zero-order valence-corrected chi connectivity index (χ0v) is 32.7. The second-order valence-electron chi connectivity index (χ2n) is 14.4. The second kappa shape index (κ2) is 22.1. The van der Waals surface area contributed by atoms with E-state index in [-0.39, 0.29) is 25.9 Å². The third kappa shape index (κ3) is 13.7. The van der Waals surface area contributed by atoms with E-state index in [9.17, 15) is 63.9 Å². The van der Waals surface area contributed by atoms with E-state index in [1.54, 1.807) is 0 Å². The van der Waals surface area contributed by atoms with E-state index in [2.05, 4.69) is 26.6 Å². The monoisotopic (exact) mass is 850 g/mol. The van der Waals surface area contributed by atoms with Crippen molar-refractivity contribution in [3.8, 4) is 0 Å². The summed E-state index contributed by atoms with van der Waals surface area (Å²) in [6, 6.07) is -8.19. The van der Waals surface area contributed by atoms with Gasteiger partial charge in [0.25, 0.3) is 0 Å². The summed E-state index contributed by atoms with van der Waals surface area (Å²) in [6.45, 7) is 4.01. The lowest BCUT2D eigenvalue weighted by Crippen LogP contribution is -2.68. The van der Waals surface area contributed by atoms with E-state index >= 15 is 0 Å². The predicted molar refractivity (Wildman–Crippen MR) is 192 cm³/mol. The smallest absolute Gasteiger partial charge is 0.326 e. The van der Waals surface area contributed by atoms with Crippen molar-refractivity contribution in [2.75, 3.05) is 13.2 Å². The first-order chi connectivity index (χ1) is 27.6. The molecular weight excluding hydrogens is 796 g/mol. The fourth-order valence-corrected chi connectivity index (χ4v) is 6.54. The molecule has 3 rings (SSSR count). The van der Waals surface area contributed by atoms with Crippen molar-refractivity contribution in [1.29, 1.82) is 0 Å². The van der Waals surface area contributed by atoms with Crippen molar-refractivity contribution in [3.05, 3.63) is 0 Å². The number of fused-ring (bicyclic) bond motifs is 2. The van der Waals surface area contributed by atoms with Crippen LogP contribution in [0, 0.1) is 0 Å². The molecule has 0 aromatic carbocycles. The average molecular weight is 851 g/mol. The molecule has 0 aromatic rings. The lowest BCUT2D eigenvalue weighted by Gasteiger charge is -2.47. The van der Waals surface area contributed by atoms with Gasteiger partial charge in [-0.05, 0) is 39.5 Å². The number of carbonyl (C=O) groups is 8. The number of aliphatic carboxylic acids is 3. The van der Waals surface area contributed by atoms with Crippen molar-refractivity contribution in [1.82, 2.24) is 26.6 Å². The molecule has 15 atom stereocenters. The summed E-state index contributed by atoms with van der Waals surface area (Å²) in [5.41, 5.74) is 5.41. The molecule has 0 spiro atoms. The predicted octanol–water partition coefficient (Wildman–Crippen LogP) is -5.65. The number of rotatable bonds is 22. The number of carboxylic acid groups (broad SMARTS) is 3. The van der Waals surface area contributed by atoms with Crippen LogP contribution in [0.3, 0.4) is 0 Å². The van der Waals surface area contributed by atoms with Gasteiger partial charge in [0.1, 0.15) is 79.0 Å². The molecule has 0 saturated carbocycles. The minimum Gasteiger partial charge on any atom is -0.480 e. The number of aliphatic hydroxyl groups is 3. The van der Waals surface area contributed by atoms with E-state index in [1.807, 2.05) is 0 Å². The van der Waals surface area contributed by atoms with Crippen molar-refractivity contribution in [2.45, 2.75) is 151 Å². The van der Waals surface area contributed by atoms with Crippen molar-refractivity contribution < 1.29 is 92.7 Å². The number of nitrogens with one attached hydrogen (secondary N) is 5. The maximum Gasteiger partial charge on any atom is 0.326 e. The van der Waals surface area contributed by atoms with E-state index in [4.69, 9.17) is 34.5 Å². The van der Waals surface area contributed by atoms with Crippen molar-refractivity contribution in [2.24, 2.45) is 5.73 Å². The molecule has 0 radical (unpaired) electrons. The number of aliphatic hydroxyl groups excluding tert-OH is 3. The maximum atomic E-state index is 13.4. The first-order valence-electron chi connectivity index (χ1n) is 18.7. The van der Waals surface area contributed by atoms with Gasteiger partial charge >= 0.3 is 17.9 Å². The molecular formula is C34H54N6O19. The molecule has 5 amide bonds. The number of carbonyl (C=O) groups excluding carboxylic acids is 5. The third-order valence-corrected chi connectivity index (χ3v) is 9.70. The zero-order valence-electron chi connectivity index (χ0n) is 32.7. The van der Waals surface area contributed by atoms with Crippen molar-refractivity contribution in [3.63, 3.8) is 0 Å². The number of amides is 5. The fraction of sp³-hybridized carbons (Fsp3) is 0.765. The van der Waals surface area contributed by atoms with Crippen LogP contribution in [-0.2, 0) is 62.0 Å². The van der Waals surface area contributed by atoms with Crippen LogP contribution >= 0.6 is 0 Å². The molecule has 3 saturated heterocycles. The lowest BCUT2D eigenvalue weighted by atomic mass is 9.95. The Morgan fingerprint density at radius 1 is 0.763 bits per heavy atom. The van der Waals surface area contributed by atoms with E-state index in [0.717, 1.165) is 6.92 Å². The van der Waals surface area contributed by atoms with Gasteiger partial charge in [-0.1, -0.05) is 0 Å². The second-order valence-corrected chi connectivity index (χ2v) is 14.4. The number of nitrogens with two attached hydrogens (primary N) is 1. The van der Waals surface area contributed by atoms with Gasteiger partial charge in [-0.3, -0.25) is 28.8 Å². The van der Waals surface area contributed by atoms with Crippen molar-refractivity contribution >= 4 is 47.4 Å². The highest BCUT2D eigenvalue weighted by Gasteiger charge is 2.56. The SMILES string of the molecule is CC(=O)N[C@H]1[C@H](O[C@H]2[C@H](OC(C)C(=O)NC(C)C(=O)NC(CCC(=O)N[C@@H](CCC[C@@H](N)C(=O)O)C(=O)O)C(=O)O)[C@@H](NC(C)=O)[C@@H]3OC[C@H]2O3)O[C@H](CO)[C@@H](O)[C@@H]1O. The Morgan fingerprint density at radius 3 is 1.95 bits per heavy atom. The van der Waals surface area contributed by atoms with Crippen LogP contribution < -0.4 is 32.3 Å². The van der Waals surface area contributed by atoms with Crippen LogP contribution in [-0.4, -0.2) is 183 Å². The van der Waals surface area contributed by atoms with E-state index in [0.29, 0.717) is 0 Å². The number of ether oxygens (including phenoxy) is 5. The summed E-state index contributed by atoms with van der Waals surface area (Å²) in [5.74, 6) is -8.15. The molecule has 3 aliphatic rings. The molecule has 334 valence electrons. The summed E-state index contributed by atoms with van der Waals surface area (Å²) >= 11 is 0. The molecule has 3 fully saturated rings. The third-order valence-electron chi connectivity index (χ3n) is 9.70. The summed E-state index contributed by atoms with van der Waals surface area (Å²) < 4.78 is 29.6. The van der Waals surface area contributed by atoms with Gasteiger partial charge in [0.2, 0.25) is 29.5 Å². The highest BCUT2D eigenvalue weighted by atomic mass is 16.8. The molecule has 3 heterocycles. The first kappa shape index (κ1) is 48.8. The van der Waals surface area contributed by atoms with Crippen LogP contribution in [0.4, 0.5) is 0 Å². The Balaban J connectivity index is 1.67. The van der Waals surface area contributed by atoms with E-state index < -0.39 is 158 Å². The summed E-state index contributed by atoms with van der Waals surface area (Å²) in [6.07, 6.45) is -13.3. The van der Waals surface area contributed by atoms with Gasteiger partial charge < -0.3 is 86.6 Å². The fourth-order valence-electron chi connectivity index (χ4n) is 6.54. The Bertz CT molecular complexity index is 1540. The molecule has 25 nitrogen and oxygen atoms in total. The molecule has 0 aromatic heterocycles. The molecule has 3 aliphatic heterocycles.